The predicted molar refractivity (Wildman–Crippen MR) is 57.5 cm³/mol. The molecule has 0 atom stereocenters. The van der Waals surface area contributed by atoms with Gasteiger partial charge in [-0.25, -0.2) is 0 Å². The molecule has 2 bridgehead atoms. The van der Waals surface area contributed by atoms with E-state index in [9.17, 15) is 0 Å². The lowest BCUT2D eigenvalue weighted by Gasteiger charge is -2.57. The van der Waals surface area contributed by atoms with Gasteiger partial charge in [0.1, 0.15) is 52.4 Å². The normalized spacial score (nSPS) is 42.0. The Morgan fingerprint density at radius 2 is 1.50 bits per heavy atom. The van der Waals surface area contributed by atoms with E-state index in [1.807, 2.05) is 0 Å². The van der Waals surface area contributed by atoms with Crippen LogP contribution in [0.5, 0.6) is 0 Å². The van der Waals surface area contributed by atoms with Gasteiger partial charge in [-0.3, -0.25) is 0 Å². The summed E-state index contributed by atoms with van der Waals surface area (Å²) in [6.07, 6.45) is 0. The quantitative estimate of drug-likeness (QED) is 0.584. The lowest BCUT2D eigenvalue weighted by Crippen LogP contribution is -2.78. The highest BCUT2D eigenvalue weighted by atomic mass is 15.5. The minimum absolute atomic E-state index is 0.831. The first-order chi connectivity index (χ1) is 6.63. The zero-order valence-electron chi connectivity index (χ0n) is 9.84. The molecule has 3 fully saturated rings. The van der Waals surface area contributed by atoms with Crippen LogP contribution in [0, 0.1) is 0 Å². The molecule has 3 heterocycles. The number of fused-ring (bicyclic) bond motifs is 3. The Bertz CT molecular complexity index is 188. The van der Waals surface area contributed by atoms with Gasteiger partial charge in [0, 0.05) is 0 Å². The van der Waals surface area contributed by atoms with Gasteiger partial charge in [-0.2, -0.15) is 0 Å². The van der Waals surface area contributed by atoms with Crippen LogP contribution >= 0.6 is 0 Å². The zero-order valence-corrected chi connectivity index (χ0v) is 9.84. The van der Waals surface area contributed by atoms with E-state index in [4.69, 9.17) is 0 Å². The molecule has 0 aromatic rings. The molecule has 82 valence electrons. The molecule has 0 aliphatic carbocycles. The molecule has 3 nitrogen and oxygen atoms in total. The summed E-state index contributed by atoms with van der Waals surface area (Å²) in [5, 5.41) is 0. The molecule has 0 unspecified atom stereocenters. The van der Waals surface area contributed by atoms with Gasteiger partial charge in [-0.05, 0) is 13.8 Å². The van der Waals surface area contributed by atoms with Crippen molar-refractivity contribution in [3.63, 3.8) is 0 Å². The molecular weight excluding hydrogens is 174 g/mol. The van der Waals surface area contributed by atoms with Crippen molar-refractivity contribution in [3.05, 3.63) is 0 Å². The molecule has 0 amide bonds. The SMILES string of the molecule is CC(C)[N+]12CC[N+](CC[NH3+])(CC1)CC2. The first kappa shape index (κ1) is 10.4. The maximum Gasteiger partial charge on any atom is 0.129 e. The summed E-state index contributed by atoms with van der Waals surface area (Å²) >= 11 is 0. The summed E-state index contributed by atoms with van der Waals surface area (Å²) in [5.74, 6) is 0. The average Bonchev–Trinajstić information content (AvgIpc) is 2.20. The summed E-state index contributed by atoms with van der Waals surface area (Å²) < 4.78 is 2.79. The van der Waals surface area contributed by atoms with Crippen molar-refractivity contribution >= 4 is 0 Å². The molecule has 0 aromatic heterocycles. The Balaban J connectivity index is 2.05. The minimum Gasteiger partial charge on any atom is -0.353 e. The van der Waals surface area contributed by atoms with Crippen LogP contribution < -0.4 is 5.73 Å². The molecule has 0 aromatic carbocycles. The van der Waals surface area contributed by atoms with E-state index >= 15 is 0 Å². The molecular formula is C11H26N3+3. The highest BCUT2D eigenvalue weighted by molar-refractivity contribution is 4.63. The number of hydrogen-bond acceptors (Lipinski definition) is 0. The number of nitrogens with zero attached hydrogens (tertiary/aromatic N) is 2. The molecule has 3 rings (SSSR count). The lowest BCUT2D eigenvalue weighted by molar-refractivity contribution is -1.09. The maximum absolute atomic E-state index is 4.02. The smallest absolute Gasteiger partial charge is 0.129 e. The summed E-state index contributed by atoms with van der Waals surface area (Å²) in [5.41, 5.74) is 4.02. The number of rotatable bonds is 3. The Labute approximate surface area is 87.7 Å². The molecule has 14 heavy (non-hydrogen) atoms. The van der Waals surface area contributed by atoms with E-state index in [1.165, 1.54) is 54.8 Å². The fourth-order valence-corrected chi connectivity index (χ4v) is 3.35. The van der Waals surface area contributed by atoms with Crippen molar-refractivity contribution in [1.29, 1.82) is 0 Å². The van der Waals surface area contributed by atoms with Gasteiger partial charge in [0.25, 0.3) is 0 Å². The lowest BCUT2D eigenvalue weighted by atomic mass is 10.0. The average molecular weight is 200 g/mol. The molecule has 0 spiro atoms. The Morgan fingerprint density at radius 1 is 1.00 bits per heavy atom. The fourth-order valence-electron chi connectivity index (χ4n) is 3.35. The second-order valence-electron chi connectivity index (χ2n) is 5.57. The second kappa shape index (κ2) is 3.47. The number of piperazine rings is 3. The molecule has 3 saturated heterocycles. The third kappa shape index (κ3) is 1.47. The van der Waals surface area contributed by atoms with E-state index in [1.54, 1.807) is 0 Å². The van der Waals surface area contributed by atoms with Crippen molar-refractivity contribution in [2.24, 2.45) is 0 Å². The standard InChI is InChI=1S/C11H25N3/c1-11(2)14-8-5-13(4-3-12,6-9-14)7-10-14/h11H,3-10,12H2,1-2H3/q+2/p+1. The third-order valence-corrected chi connectivity index (χ3v) is 4.79. The van der Waals surface area contributed by atoms with Crippen molar-refractivity contribution in [2.75, 3.05) is 52.4 Å². The van der Waals surface area contributed by atoms with Crippen LogP contribution in [0.1, 0.15) is 13.8 Å². The third-order valence-electron chi connectivity index (χ3n) is 4.79. The second-order valence-corrected chi connectivity index (χ2v) is 5.57. The monoisotopic (exact) mass is 200 g/mol. The number of hydrogen-bond donors (Lipinski definition) is 1. The summed E-state index contributed by atoms with van der Waals surface area (Å²) in [6, 6.07) is 0.831. The molecule has 3 aliphatic heterocycles. The van der Waals surface area contributed by atoms with Crippen molar-refractivity contribution in [2.45, 2.75) is 19.9 Å². The highest BCUT2D eigenvalue weighted by Crippen LogP contribution is 2.28. The van der Waals surface area contributed by atoms with E-state index in [-0.39, 0.29) is 0 Å². The minimum atomic E-state index is 0.831. The Morgan fingerprint density at radius 3 is 1.86 bits per heavy atom. The van der Waals surface area contributed by atoms with E-state index < -0.39 is 0 Å². The number of quaternary nitrogens is 3. The van der Waals surface area contributed by atoms with Crippen LogP contribution in [-0.4, -0.2) is 67.4 Å². The van der Waals surface area contributed by atoms with Crippen molar-refractivity contribution < 1.29 is 14.7 Å². The van der Waals surface area contributed by atoms with Crippen LogP contribution in [0.15, 0.2) is 0 Å². The van der Waals surface area contributed by atoms with E-state index in [2.05, 4.69) is 19.6 Å². The van der Waals surface area contributed by atoms with Gasteiger partial charge < -0.3 is 14.7 Å². The molecule has 3 heteroatoms. The van der Waals surface area contributed by atoms with Gasteiger partial charge >= 0.3 is 0 Å². The fraction of sp³-hybridized carbons (Fsp3) is 1.00. The summed E-state index contributed by atoms with van der Waals surface area (Å²) in [6.45, 7) is 15.7. The highest BCUT2D eigenvalue weighted by Gasteiger charge is 2.49. The molecule has 0 saturated carbocycles. The Hall–Kier alpha value is -0.120. The van der Waals surface area contributed by atoms with Crippen LogP contribution in [-0.2, 0) is 0 Å². The van der Waals surface area contributed by atoms with E-state index in [0.29, 0.717) is 0 Å². The maximum atomic E-state index is 4.02. The molecule has 3 N–H and O–H groups in total. The van der Waals surface area contributed by atoms with Gasteiger partial charge in [0.15, 0.2) is 0 Å². The van der Waals surface area contributed by atoms with E-state index in [0.717, 1.165) is 12.6 Å². The first-order valence-corrected chi connectivity index (χ1v) is 6.13. The predicted octanol–water partition coefficient (Wildman–Crippen LogP) is -0.702. The van der Waals surface area contributed by atoms with Crippen LogP contribution in [0.4, 0.5) is 0 Å². The summed E-state index contributed by atoms with van der Waals surface area (Å²) in [7, 11) is 0. The first-order valence-electron chi connectivity index (χ1n) is 6.13. The molecule has 3 aliphatic rings. The van der Waals surface area contributed by atoms with Crippen LogP contribution in [0.25, 0.3) is 0 Å². The van der Waals surface area contributed by atoms with Gasteiger partial charge in [-0.1, -0.05) is 0 Å². The topological polar surface area (TPSA) is 27.6 Å². The molecule has 0 radical (unpaired) electrons. The van der Waals surface area contributed by atoms with Gasteiger partial charge in [-0.15, -0.1) is 0 Å². The van der Waals surface area contributed by atoms with Gasteiger partial charge in [0.2, 0.25) is 0 Å². The summed E-state index contributed by atoms with van der Waals surface area (Å²) in [4.78, 5) is 0. The van der Waals surface area contributed by atoms with Crippen molar-refractivity contribution in [3.8, 4) is 0 Å². The van der Waals surface area contributed by atoms with Crippen molar-refractivity contribution in [1.82, 2.24) is 0 Å². The van der Waals surface area contributed by atoms with Crippen LogP contribution in [0.2, 0.25) is 0 Å². The van der Waals surface area contributed by atoms with Crippen LogP contribution in [0.3, 0.4) is 0 Å². The largest absolute Gasteiger partial charge is 0.353 e. The zero-order chi connectivity index (χ0) is 10.2. The Kier molecular flexibility index (Phi) is 2.58. The van der Waals surface area contributed by atoms with Gasteiger partial charge in [0.05, 0.1) is 6.04 Å².